The van der Waals surface area contributed by atoms with Crippen molar-refractivity contribution in [1.29, 1.82) is 0 Å². The lowest BCUT2D eigenvalue weighted by Crippen LogP contribution is -2.45. The predicted octanol–water partition coefficient (Wildman–Crippen LogP) is 3.68. The molecule has 0 saturated carbocycles. The van der Waals surface area contributed by atoms with Gasteiger partial charge < -0.3 is 19.5 Å². The smallest absolute Gasteiger partial charge is 0.269 e. The second-order valence-electron chi connectivity index (χ2n) is 8.99. The molecule has 1 aromatic heterocycles. The van der Waals surface area contributed by atoms with Gasteiger partial charge in [-0.05, 0) is 50.7 Å². The lowest BCUT2D eigenvalue weighted by atomic mass is 10.2. The number of piperazine rings is 1. The number of hydrogen-bond acceptors (Lipinski definition) is 7. The van der Waals surface area contributed by atoms with E-state index in [1.54, 1.807) is 0 Å². The van der Waals surface area contributed by atoms with Crippen molar-refractivity contribution in [3.05, 3.63) is 58.4 Å². The summed E-state index contributed by atoms with van der Waals surface area (Å²) in [5.41, 5.74) is 2.50. The van der Waals surface area contributed by atoms with Gasteiger partial charge in [0.05, 0.1) is 22.5 Å². The van der Waals surface area contributed by atoms with E-state index in [0.717, 1.165) is 56.1 Å². The largest absolute Gasteiger partial charge is 0.484 e. The molecule has 1 N–H and O–H groups in total. The van der Waals surface area contributed by atoms with Crippen molar-refractivity contribution < 1.29 is 14.5 Å². The van der Waals surface area contributed by atoms with Crippen LogP contribution in [-0.2, 0) is 11.3 Å². The summed E-state index contributed by atoms with van der Waals surface area (Å²) in [6, 6.07) is 11.6. The van der Waals surface area contributed by atoms with Gasteiger partial charge in [0, 0.05) is 50.0 Å². The maximum atomic E-state index is 12.4. The average molecular weight is 481 g/mol. The number of nitrogens with zero attached hydrogens (tertiary/aromatic N) is 5. The zero-order valence-electron chi connectivity index (χ0n) is 20.4. The molecule has 1 amide bonds. The maximum Gasteiger partial charge on any atom is 0.269 e. The van der Waals surface area contributed by atoms with Crippen LogP contribution in [0.5, 0.6) is 5.75 Å². The first kappa shape index (κ1) is 24.6. The summed E-state index contributed by atoms with van der Waals surface area (Å²) in [4.78, 5) is 32.5. The number of nitro groups is 1. The number of nitrogens with one attached hydrogen (secondary N) is 1. The molecular formula is C25H32N6O4. The van der Waals surface area contributed by atoms with E-state index in [1.807, 2.05) is 18.2 Å². The highest BCUT2D eigenvalue weighted by Gasteiger charge is 2.20. The number of imidazole rings is 1. The number of hydrogen-bond donors (Lipinski definition) is 1. The average Bonchev–Trinajstić information content (AvgIpc) is 3.20. The van der Waals surface area contributed by atoms with E-state index in [-0.39, 0.29) is 24.2 Å². The SMILES string of the molecule is CCN1CCN(Cc2nc3cc(NC(=O)COc4ccc([N+](=O)[O-])cc4)ccc3n2C(C)C)CC1. The molecule has 0 spiro atoms. The molecule has 35 heavy (non-hydrogen) atoms. The molecular weight excluding hydrogens is 448 g/mol. The molecule has 0 unspecified atom stereocenters. The Morgan fingerprint density at radius 1 is 1.11 bits per heavy atom. The number of aromatic nitrogens is 2. The fraction of sp³-hybridized carbons (Fsp3) is 0.440. The summed E-state index contributed by atoms with van der Waals surface area (Å²) >= 11 is 0. The second-order valence-corrected chi connectivity index (χ2v) is 8.99. The Balaban J connectivity index is 1.41. The van der Waals surface area contributed by atoms with Crippen molar-refractivity contribution in [3.63, 3.8) is 0 Å². The quantitative estimate of drug-likeness (QED) is 0.368. The van der Waals surface area contributed by atoms with E-state index in [0.29, 0.717) is 11.4 Å². The number of amides is 1. The van der Waals surface area contributed by atoms with Crippen LogP contribution in [0.1, 0.15) is 32.6 Å². The molecule has 0 atom stereocenters. The van der Waals surface area contributed by atoms with Crippen molar-refractivity contribution in [2.75, 3.05) is 44.6 Å². The zero-order valence-corrected chi connectivity index (χ0v) is 20.4. The van der Waals surface area contributed by atoms with Crippen molar-refractivity contribution >= 4 is 28.3 Å². The third kappa shape index (κ3) is 5.95. The van der Waals surface area contributed by atoms with Crippen LogP contribution in [0.2, 0.25) is 0 Å². The van der Waals surface area contributed by atoms with Crippen LogP contribution < -0.4 is 10.1 Å². The van der Waals surface area contributed by atoms with Gasteiger partial charge in [0.1, 0.15) is 11.6 Å². The predicted molar refractivity (Wildman–Crippen MR) is 135 cm³/mol. The Morgan fingerprint density at radius 2 is 1.80 bits per heavy atom. The molecule has 2 heterocycles. The minimum Gasteiger partial charge on any atom is -0.484 e. The number of carbonyl (C=O) groups is 1. The highest BCUT2D eigenvalue weighted by Crippen LogP contribution is 2.25. The molecule has 10 nitrogen and oxygen atoms in total. The number of fused-ring (bicyclic) bond motifs is 1. The molecule has 2 aromatic carbocycles. The van der Waals surface area contributed by atoms with Crippen molar-refractivity contribution in [2.45, 2.75) is 33.4 Å². The van der Waals surface area contributed by atoms with Gasteiger partial charge in [0.2, 0.25) is 0 Å². The number of anilines is 1. The van der Waals surface area contributed by atoms with E-state index in [1.165, 1.54) is 24.3 Å². The monoisotopic (exact) mass is 480 g/mol. The maximum absolute atomic E-state index is 12.4. The van der Waals surface area contributed by atoms with Crippen molar-refractivity contribution in [3.8, 4) is 5.75 Å². The molecule has 1 fully saturated rings. The fourth-order valence-electron chi connectivity index (χ4n) is 4.39. The Labute approximate surface area is 204 Å². The topological polar surface area (TPSA) is 106 Å². The van der Waals surface area contributed by atoms with Crippen molar-refractivity contribution in [2.24, 2.45) is 0 Å². The molecule has 0 radical (unpaired) electrons. The van der Waals surface area contributed by atoms with Gasteiger partial charge in [-0.25, -0.2) is 4.98 Å². The minimum atomic E-state index is -0.481. The van der Waals surface area contributed by atoms with Gasteiger partial charge in [0.25, 0.3) is 11.6 Å². The van der Waals surface area contributed by atoms with Crippen LogP contribution >= 0.6 is 0 Å². The van der Waals surface area contributed by atoms with E-state index in [2.05, 4.69) is 40.5 Å². The van der Waals surface area contributed by atoms with E-state index in [9.17, 15) is 14.9 Å². The lowest BCUT2D eigenvalue weighted by Gasteiger charge is -2.34. The number of non-ortho nitro benzene ring substituents is 1. The Kier molecular flexibility index (Phi) is 7.62. The van der Waals surface area contributed by atoms with Gasteiger partial charge in [-0.1, -0.05) is 6.92 Å². The third-order valence-electron chi connectivity index (χ3n) is 6.26. The third-order valence-corrected chi connectivity index (χ3v) is 6.26. The normalized spacial score (nSPS) is 15.0. The number of likely N-dealkylation sites (N-methyl/N-ethyl adjacent to an activating group) is 1. The highest BCUT2D eigenvalue weighted by molar-refractivity contribution is 5.94. The first-order chi connectivity index (χ1) is 16.8. The molecule has 1 aliphatic heterocycles. The first-order valence-corrected chi connectivity index (χ1v) is 12.0. The van der Waals surface area contributed by atoms with Crippen LogP contribution in [0.15, 0.2) is 42.5 Å². The minimum absolute atomic E-state index is 0.0291. The Hall–Kier alpha value is -3.50. The molecule has 186 valence electrons. The first-order valence-electron chi connectivity index (χ1n) is 12.0. The van der Waals surface area contributed by atoms with Crippen LogP contribution in [0.3, 0.4) is 0 Å². The zero-order chi connectivity index (χ0) is 24.9. The molecule has 0 aliphatic carbocycles. The van der Waals surface area contributed by atoms with Crippen molar-refractivity contribution in [1.82, 2.24) is 19.4 Å². The molecule has 10 heteroatoms. The lowest BCUT2D eigenvalue weighted by molar-refractivity contribution is -0.384. The Morgan fingerprint density at radius 3 is 2.43 bits per heavy atom. The number of ether oxygens (including phenoxy) is 1. The molecule has 4 rings (SSSR count). The number of carbonyl (C=O) groups excluding carboxylic acids is 1. The fourth-order valence-corrected chi connectivity index (χ4v) is 4.39. The number of rotatable bonds is 9. The summed E-state index contributed by atoms with van der Waals surface area (Å²) in [6.07, 6.45) is 0. The summed E-state index contributed by atoms with van der Waals surface area (Å²) in [6.45, 7) is 12.4. The number of nitro benzene ring substituents is 1. The van der Waals surface area contributed by atoms with Crippen LogP contribution in [0.25, 0.3) is 11.0 Å². The van der Waals surface area contributed by atoms with E-state index < -0.39 is 4.92 Å². The Bertz CT molecular complexity index is 1180. The molecule has 1 aliphatic rings. The highest BCUT2D eigenvalue weighted by atomic mass is 16.6. The van der Waals surface area contributed by atoms with Gasteiger partial charge in [0.15, 0.2) is 6.61 Å². The van der Waals surface area contributed by atoms with Crippen LogP contribution in [0, 0.1) is 10.1 Å². The summed E-state index contributed by atoms with van der Waals surface area (Å²) in [5, 5.41) is 13.6. The van der Waals surface area contributed by atoms with E-state index in [4.69, 9.17) is 9.72 Å². The van der Waals surface area contributed by atoms with E-state index >= 15 is 0 Å². The molecule has 1 saturated heterocycles. The second kappa shape index (κ2) is 10.8. The standard InChI is InChI=1S/C25H32N6O4/c1-4-28-11-13-29(14-12-28)16-24-27-22-15-19(5-10-23(22)30(24)18(2)3)26-25(32)17-35-21-8-6-20(7-9-21)31(33)34/h5-10,15,18H,4,11-14,16-17H2,1-3H3,(H,26,32). The van der Waals surface area contributed by atoms with Gasteiger partial charge in [-0.15, -0.1) is 0 Å². The summed E-state index contributed by atoms with van der Waals surface area (Å²) < 4.78 is 7.72. The van der Waals surface area contributed by atoms with Crippen LogP contribution in [0.4, 0.5) is 11.4 Å². The summed E-state index contributed by atoms with van der Waals surface area (Å²) in [7, 11) is 0. The number of benzene rings is 2. The molecule has 3 aromatic rings. The van der Waals surface area contributed by atoms with Gasteiger partial charge in [-0.3, -0.25) is 19.8 Å². The van der Waals surface area contributed by atoms with Gasteiger partial charge >= 0.3 is 0 Å². The van der Waals surface area contributed by atoms with Gasteiger partial charge in [-0.2, -0.15) is 0 Å². The molecule has 0 bridgehead atoms. The summed E-state index contributed by atoms with van der Waals surface area (Å²) in [5.74, 6) is 1.10. The van der Waals surface area contributed by atoms with Crippen LogP contribution in [-0.4, -0.2) is 69.5 Å².